The fourth-order valence-electron chi connectivity index (χ4n) is 2.77. The lowest BCUT2D eigenvalue weighted by Crippen LogP contribution is -2.51. The van der Waals surface area contributed by atoms with Gasteiger partial charge in [0, 0.05) is 25.8 Å². The van der Waals surface area contributed by atoms with E-state index < -0.39 is 0 Å². The molecular formula is C14H18N2O. The molecule has 1 N–H and O–H groups in total. The molecular weight excluding hydrogens is 212 g/mol. The lowest BCUT2D eigenvalue weighted by molar-refractivity contribution is 0.0887. The Morgan fingerprint density at radius 1 is 1.06 bits per heavy atom. The van der Waals surface area contributed by atoms with Crippen molar-refractivity contribution >= 4 is 6.21 Å². The van der Waals surface area contributed by atoms with E-state index in [2.05, 4.69) is 4.90 Å². The normalized spacial score (nSPS) is 32.1. The minimum atomic E-state index is 0.201. The molecule has 0 amide bonds. The second-order valence-corrected chi connectivity index (χ2v) is 5.17. The monoisotopic (exact) mass is 230 g/mol. The molecule has 3 aliphatic rings. The van der Waals surface area contributed by atoms with E-state index in [1.54, 1.807) is 12.1 Å². The van der Waals surface area contributed by atoms with Crippen molar-refractivity contribution in [2.45, 2.75) is 24.8 Å². The molecule has 3 heteroatoms. The highest BCUT2D eigenvalue weighted by Gasteiger charge is 2.38. The van der Waals surface area contributed by atoms with E-state index in [4.69, 9.17) is 4.99 Å². The largest absolute Gasteiger partial charge is 0.508 e. The van der Waals surface area contributed by atoms with Crippen LogP contribution in [-0.2, 0) is 0 Å². The Hall–Kier alpha value is -1.35. The fourth-order valence-corrected chi connectivity index (χ4v) is 2.77. The van der Waals surface area contributed by atoms with Crippen LogP contribution in [0.3, 0.4) is 0 Å². The molecule has 3 aliphatic heterocycles. The molecule has 4 rings (SSSR count). The van der Waals surface area contributed by atoms with Gasteiger partial charge in [0.25, 0.3) is 0 Å². The first-order valence-electron chi connectivity index (χ1n) is 6.32. The van der Waals surface area contributed by atoms with E-state index in [9.17, 15) is 5.11 Å². The summed E-state index contributed by atoms with van der Waals surface area (Å²) in [5.41, 5.74) is 1.28. The van der Waals surface area contributed by atoms with Gasteiger partial charge in [-0.3, -0.25) is 4.99 Å². The van der Waals surface area contributed by atoms with Gasteiger partial charge in [-0.15, -0.1) is 0 Å². The highest BCUT2D eigenvalue weighted by molar-refractivity contribution is 5.80. The maximum atomic E-state index is 9.23. The molecule has 3 saturated heterocycles. The summed E-state index contributed by atoms with van der Waals surface area (Å²) in [5, 5.41) is 9.23. The standard InChI is InChI=1S/C14H18N2O/c17-13-3-1-12(2-4-13)11-15-14-5-8-16(9-6-14)10-7-14/h1-4,11,17H,5-10H2. The zero-order valence-electron chi connectivity index (χ0n) is 9.97. The van der Waals surface area contributed by atoms with Crippen LogP contribution in [0.2, 0.25) is 0 Å². The Morgan fingerprint density at radius 2 is 1.65 bits per heavy atom. The van der Waals surface area contributed by atoms with Crippen LogP contribution in [0.25, 0.3) is 0 Å². The molecule has 17 heavy (non-hydrogen) atoms. The van der Waals surface area contributed by atoms with Gasteiger partial charge in [0.2, 0.25) is 0 Å². The predicted molar refractivity (Wildman–Crippen MR) is 68.7 cm³/mol. The Labute approximate surface area is 102 Å². The molecule has 3 fully saturated rings. The predicted octanol–water partition coefficient (Wildman–Crippen LogP) is 2.05. The quantitative estimate of drug-likeness (QED) is 0.789. The second-order valence-electron chi connectivity index (χ2n) is 5.17. The van der Waals surface area contributed by atoms with Crippen molar-refractivity contribution in [2.24, 2.45) is 4.99 Å². The summed E-state index contributed by atoms with van der Waals surface area (Å²) < 4.78 is 0. The van der Waals surface area contributed by atoms with E-state index >= 15 is 0 Å². The molecule has 0 radical (unpaired) electrons. The minimum absolute atomic E-state index is 0.201. The molecule has 0 saturated carbocycles. The SMILES string of the molecule is Oc1ccc(C=NC23CCN(CC2)CC3)cc1. The molecule has 1 aromatic carbocycles. The fraction of sp³-hybridized carbons (Fsp3) is 0.500. The number of piperidine rings is 3. The number of hydrogen-bond donors (Lipinski definition) is 1. The second kappa shape index (κ2) is 4.15. The molecule has 0 spiro atoms. The minimum Gasteiger partial charge on any atom is -0.508 e. The van der Waals surface area contributed by atoms with Crippen molar-refractivity contribution in [2.75, 3.05) is 19.6 Å². The smallest absolute Gasteiger partial charge is 0.115 e. The number of benzene rings is 1. The third-order valence-corrected chi connectivity index (χ3v) is 4.06. The number of phenols is 1. The zero-order valence-corrected chi connectivity index (χ0v) is 9.97. The van der Waals surface area contributed by atoms with Crippen molar-refractivity contribution in [3.05, 3.63) is 29.8 Å². The van der Waals surface area contributed by atoms with Crippen LogP contribution >= 0.6 is 0 Å². The van der Waals surface area contributed by atoms with Crippen LogP contribution in [0.4, 0.5) is 0 Å². The Morgan fingerprint density at radius 3 is 2.24 bits per heavy atom. The molecule has 0 aromatic heterocycles. The Balaban J connectivity index is 1.75. The van der Waals surface area contributed by atoms with Crippen molar-refractivity contribution in [3.63, 3.8) is 0 Å². The third kappa shape index (κ3) is 2.20. The summed E-state index contributed by atoms with van der Waals surface area (Å²) in [7, 11) is 0. The van der Waals surface area contributed by atoms with Gasteiger partial charge in [0.15, 0.2) is 0 Å². The highest BCUT2D eigenvalue weighted by Crippen LogP contribution is 2.35. The Bertz CT molecular complexity index is 403. The number of aliphatic imine (C=N–C) groups is 1. The van der Waals surface area contributed by atoms with Crippen LogP contribution in [0.5, 0.6) is 5.75 Å². The first-order chi connectivity index (χ1) is 8.26. The highest BCUT2D eigenvalue weighted by atomic mass is 16.3. The van der Waals surface area contributed by atoms with Crippen molar-refractivity contribution < 1.29 is 5.11 Å². The lowest BCUT2D eigenvalue weighted by Gasteiger charge is -2.46. The number of aromatic hydroxyl groups is 1. The topological polar surface area (TPSA) is 35.8 Å². The summed E-state index contributed by atoms with van der Waals surface area (Å²) in [6.45, 7) is 3.60. The van der Waals surface area contributed by atoms with Gasteiger partial charge in [0.05, 0.1) is 5.54 Å². The van der Waals surface area contributed by atoms with Crippen LogP contribution < -0.4 is 0 Å². The van der Waals surface area contributed by atoms with Gasteiger partial charge in [-0.25, -0.2) is 0 Å². The van der Waals surface area contributed by atoms with Crippen molar-refractivity contribution in [1.29, 1.82) is 0 Å². The average molecular weight is 230 g/mol. The van der Waals surface area contributed by atoms with Gasteiger partial charge in [-0.2, -0.15) is 0 Å². The van der Waals surface area contributed by atoms with Crippen LogP contribution in [0, 0.1) is 0 Å². The molecule has 3 heterocycles. The van der Waals surface area contributed by atoms with E-state index in [0.29, 0.717) is 5.75 Å². The van der Waals surface area contributed by atoms with Gasteiger partial charge in [0.1, 0.15) is 5.75 Å². The summed E-state index contributed by atoms with van der Waals surface area (Å²) in [6.07, 6.45) is 5.56. The summed E-state index contributed by atoms with van der Waals surface area (Å²) in [4.78, 5) is 7.36. The van der Waals surface area contributed by atoms with Crippen molar-refractivity contribution in [1.82, 2.24) is 4.90 Å². The Kier molecular flexibility index (Phi) is 2.63. The molecule has 90 valence electrons. The first-order valence-corrected chi connectivity index (χ1v) is 6.32. The molecule has 0 atom stereocenters. The summed E-state index contributed by atoms with van der Waals surface area (Å²) in [5.74, 6) is 0.311. The third-order valence-electron chi connectivity index (χ3n) is 4.06. The molecule has 3 nitrogen and oxygen atoms in total. The molecule has 0 unspecified atom stereocenters. The van der Waals surface area contributed by atoms with Crippen LogP contribution in [0.1, 0.15) is 24.8 Å². The van der Waals surface area contributed by atoms with Gasteiger partial charge < -0.3 is 10.0 Å². The molecule has 0 aliphatic carbocycles. The number of nitrogens with zero attached hydrogens (tertiary/aromatic N) is 2. The molecule has 1 aromatic rings. The summed E-state index contributed by atoms with van der Waals surface area (Å²) >= 11 is 0. The van der Waals surface area contributed by atoms with Gasteiger partial charge in [-0.1, -0.05) is 0 Å². The summed E-state index contributed by atoms with van der Waals surface area (Å²) in [6, 6.07) is 7.24. The maximum absolute atomic E-state index is 9.23. The van der Waals surface area contributed by atoms with Crippen LogP contribution in [-0.4, -0.2) is 41.4 Å². The lowest BCUT2D eigenvalue weighted by atomic mass is 9.80. The van der Waals surface area contributed by atoms with Crippen LogP contribution in [0.15, 0.2) is 29.3 Å². The van der Waals surface area contributed by atoms with Gasteiger partial charge in [-0.05, 0) is 49.1 Å². The van der Waals surface area contributed by atoms with E-state index in [0.717, 1.165) is 5.56 Å². The van der Waals surface area contributed by atoms with E-state index in [-0.39, 0.29) is 5.54 Å². The average Bonchev–Trinajstić information content (AvgIpc) is 2.40. The molecule has 2 bridgehead atoms. The number of rotatable bonds is 2. The maximum Gasteiger partial charge on any atom is 0.115 e. The number of fused-ring (bicyclic) bond motifs is 3. The van der Waals surface area contributed by atoms with E-state index in [1.807, 2.05) is 18.3 Å². The first kappa shape index (κ1) is 10.8. The zero-order chi connectivity index (χ0) is 11.7. The van der Waals surface area contributed by atoms with E-state index in [1.165, 1.54) is 38.9 Å². The number of hydrogen-bond acceptors (Lipinski definition) is 3. The van der Waals surface area contributed by atoms with Gasteiger partial charge >= 0.3 is 0 Å². The number of phenolic OH excluding ortho intramolecular Hbond substituents is 1. The van der Waals surface area contributed by atoms with Crippen molar-refractivity contribution in [3.8, 4) is 5.75 Å².